The molecule has 2 rings (SSSR count). The number of hydrogen-bond donors (Lipinski definition) is 0. The number of nitrogens with zero attached hydrogens (tertiary/aromatic N) is 2. The first kappa shape index (κ1) is 14.2. The average Bonchev–Trinajstić information content (AvgIpc) is 2.94. The molecule has 0 aliphatic carbocycles. The minimum atomic E-state index is -0.332. The number of benzene rings is 1. The van der Waals surface area contributed by atoms with E-state index in [0.29, 0.717) is 23.4 Å². The zero-order valence-electron chi connectivity index (χ0n) is 11.6. The van der Waals surface area contributed by atoms with Crippen molar-refractivity contribution >= 4 is 5.91 Å². The molecule has 5 heteroatoms. The van der Waals surface area contributed by atoms with Gasteiger partial charge in [-0.25, -0.2) is 4.39 Å². The fourth-order valence-electron chi connectivity index (χ4n) is 1.90. The Balaban J connectivity index is 2.24. The van der Waals surface area contributed by atoms with Crippen molar-refractivity contribution in [3.8, 4) is 11.3 Å². The van der Waals surface area contributed by atoms with Crippen LogP contribution in [0.15, 0.2) is 35.0 Å². The smallest absolute Gasteiger partial charge is 0.259 e. The van der Waals surface area contributed by atoms with Gasteiger partial charge in [0.05, 0.1) is 6.20 Å². The van der Waals surface area contributed by atoms with Gasteiger partial charge in [-0.1, -0.05) is 18.5 Å². The van der Waals surface area contributed by atoms with Crippen LogP contribution < -0.4 is 0 Å². The summed E-state index contributed by atoms with van der Waals surface area (Å²) in [6.07, 6.45) is 3.37. The van der Waals surface area contributed by atoms with E-state index in [1.54, 1.807) is 24.1 Å². The molecule has 1 aromatic heterocycles. The summed E-state index contributed by atoms with van der Waals surface area (Å²) in [4.78, 5) is 14.0. The van der Waals surface area contributed by atoms with Crippen LogP contribution in [0, 0.1) is 5.82 Å². The van der Waals surface area contributed by atoms with Crippen molar-refractivity contribution in [1.29, 1.82) is 0 Å². The number of carbonyl (C=O) groups is 1. The van der Waals surface area contributed by atoms with Crippen molar-refractivity contribution in [3.05, 3.63) is 41.8 Å². The highest BCUT2D eigenvalue weighted by molar-refractivity contribution is 5.99. The SMILES string of the molecule is CCCCN(C)C(=O)c1cnoc1-c1ccc(F)cc1. The molecule has 0 aliphatic heterocycles. The Bertz CT molecular complexity index is 578. The molecule has 106 valence electrons. The van der Waals surface area contributed by atoms with Crippen molar-refractivity contribution in [2.24, 2.45) is 0 Å². The van der Waals surface area contributed by atoms with Gasteiger partial charge in [0.25, 0.3) is 5.91 Å². The first-order valence-corrected chi connectivity index (χ1v) is 6.59. The molecule has 1 amide bonds. The number of rotatable bonds is 5. The van der Waals surface area contributed by atoms with Gasteiger partial charge in [-0.3, -0.25) is 4.79 Å². The zero-order chi connectivity index (χ0) is 14.5. The third kappa shape index (κ3) is 3.04. The summed E-state index contributed by atoms with van der Waals surface area (Å²) in [5.41, 5.74) is 1.03. The number of carbonyl (C=O) groups excluding carboxylic acids is 1. The van der Waals surface area contributed by atoms with E-state index in [-0.39, 0.29) is 11.7 Å². The highest BCUT2D eigenvalue weighted by atomic mass is 19.1. The highest BCUT2D eigenvalue weighted by Gasteiger charge is 2.20. The van der Waals surface area contributed by atoms with Gasteiger partial charge >= 0.3 is 0 Å². The molecule has 0 saturated carbocycles. The van der Waals surface area contributed by atoms with Crippen LogP contribution in [0.25, 0.3) is 11.3 Å². The topological polar surface area (TPSA) is 46.3 Å². The molecule has 1 heterocycles. The summed E-state index contributed by atoms with van der Waals surface area (Å²) in [5.74, 6) is -0.0985. The molecule has 0 unspecified atom stereocenters. The standard InChI is InChI=1S/C15H17FN2O2/c1-3-4-9-18(2)15(19)13-10-17-20-14(13)11-5-7-12(16)8-6-11/h5-8,10H,3-4,9H2,1-2H3. The number of hydrogen-bond acceptors (Lipinski definition) is 3. The van der Waals surface area contributed by atoms with Gasteiger partial charge in [-0.05, 0) is 30.7 Å². The Morgan fingerprint density at radius 3 is 2.70 bits per heavy atom. The van der Waals surface area contributed by atoms with Gasteiger partial charge < -0.3 is 9.42 Å². The molecule has 0 bridgehead atoms. The third-order valence-corrected chi connectivity index (χ3v) is 3.10. The maximum absolute atomic E-state index is 12.9. The Hall–Kier alpha value is -2.17. The molecule has 0 N–H and O–H groups in total. The molecule has 2 aromatic rings. The van der Waals surface area contributed by atoms with Gasteiger partial charge in [0, 0.05) is 19.2 Å². The van der Waals surface area contributed by atoms with E-state index >= 15 is 0 Å². The minimum Gasteiger partial charge on any atom is -0.355 e. The summed E-state index contributed by atoms with van der Waals surface area (Å²) in [5, 5.41) is 3.69. The Kier molecular flexibility index (Phi) is 4.50. The zero-order valence-corrected chi connectivity index (χ0v) is 11.6. The maximum atomic E-state index is 12.9. The van der Waals surface area contributed by atoms with Crippen LogP contribution in [-0.4, -0.2) is 29.6 Å². The molecule has 1 aromatic carbocycles. The lowest BCUT2D eigenvalue weighted by Crippen LogP contribution is -2.27. The van der Waals surface area contributed by atoms with Gasteiger partial charge in [-0.2, -0.15) is 0 Å². The molecule has 0 saturated heterocycles. The molecular weight excluding hydrogens is 259 g/mol. The fourth-order valence-corrected chi connectivity index (χ4v) is 1.90. The number of aromatic nitrogens is 1. The summed E-state index contributed by atoms with van der Waals surface area (Å²) in [6.45, 7) is 2.75. The molecule has 20 heavy (non-hydrogen) atoms. The fraction of sp³-hybridized carbons (Fsp3) is 0.333. The maximum Gasteiger partial charge on any atom is 0.259 e. The second kappa shape index (κ2) is 6.32. The summed E-state index contributed by atoms with van der Waals surface area (Å²) >= 11 is 0. The monoisotopic (exact) mass is 276 g/mol. The summed E-state index contributed by atoms with van der Waals surface area (Å²) in [7, 11) is 1.75. The van der Waals surface area contributed by atoms with E-state index in [1.165, 1.54) is 18.3 Å². The van der Waals surface area contributed by atoms with Crippen LogP contribution in [0.1, 0.15) is 30.1 Å². The second-order valence-corrected chi connectivity index (χ2v) is 4.66. The van der Waals surface area contributed by atoms with Crippen molar-refractivity contribution in [2.75, 3.05) is 13.6 Å². The van der Waals surface area contributed by atoms with Crippen LogP contribution in [0.5, 0.6) is 0 Å². The lowest BCUT2D eigenvalue weighted by molar-refractivity contribution is 0.0793. The van der Waals surface area contributed by atoms with Crippen LogP contribution in [0.2, 0.25) is 0 Å². The van der Waals surface area contributed by atoms with E-state index in [1.807, 2.05) is 0 Å². The Morgan fingerprint density at radius 1 is 1.35 bits per heavy atom. The predicted octanol–water partition coefficient (Wildman–Crippen LogP) is 3.35. The Morgan fingerprint density at radius 2 is 2.05 bits per heavy atom. The van der Waals surface area contributed by atoms with Gasteiger partial charge in [-0.15, -0.1) is 0 Å². The van der Waals surface area contributed by atoms with Crippen molar-refractivity contribution in [3.63, 3.8) is 0 Å². The molecule has 0 aliphatic rings. The first-order valence-electron chi connectivity index (χ1n) is 6.59. The van der Waals surface area contributed by atoms with Gasteiger partial charge in [0.2, 0.25) is 0 Å². The van der Waals surface area contributed by atoms with Crippen LogP contribution in [0.4, 0.5) is 4.39 Å². The van der Waals surface area contributed by atoms with Crippen molar-refractivity contribution in [2.45, 2.75) is 19.8 Å². The molecule has 0 fully saturated rings. The van der Waals surface area contributed by atoms with E-state index in [2.05, 4.69) is 12.1 Å². The lowest BCUT2D eigenvalue weighted by Gasteiger charge is -2.16. The number of amides is 1. The molecule has 0 atom stereocenters. The molecule has 0 spiro atoms. The van der Waals surface area contributed by atoms with E-state index in [9.17, 15) is 9.18 Å². The van der Waals surface area contributed by atoms with Crippen molar-refractivity contribution in [1.82, 2.24) is 10.1 Å². The van der Waals surface area contributed by atoms with Crippen LogP contribution in [-0.2, 0) is 0 Å². The summed E-state index contributed by atoms with van der Waals surface area (Å²) in [6, 6.07) is 5.79. The van der Waals surface area contributed by atoms with E-state index in [4.69, 9.17) is 4.52 Å². The number of halogens is 1. The normalized spacial score (nSPS) is 10.6. The number of unbranched alkanes of at least 4 members (excludes halogenated alkanes) is 1. The minimum absolute atomic E-state index is 0.140. The second-order valence-electron chi connectivity index (χ2n) is 4.66. The van der Waals surface area contributed by atoms with Crippen LogP contribution >= 0.6 is 0 Å². The lowest BCUT2D eigenvalue weighted by atomic mass is 10.1. The average molecular weight is 276 g/mol. The third-order valence-electron chi connectivity index (χ3n) is 3.10. The van der Waals surface area contributed by atoms with Crippen LogP contribution in [0.3, 0.4) is 0 Å². The molecule has 4 nitrogen and oxygen atoms in total. The summed E-state index contributed by atoms with van der Waals surface area (Å²) < 4.78 is 18.1. The highest BCUT2D eigenvalue weighted by Crippen LogP contribution is 2.24. The molecule has 0 radical (unpaired) electrons. The quantitative estimate of drug-likeness (QED) is 0.841. The van der Waals surface area contributed by atoms with Crippen molar-refractivity contribution < 1.29 is 13.7 Å². The Labute approximate surface area is 117 Å². The predicted molar refractivity (Wildman–Crippen MR) is 73.8 cm³/mol. The largest absolute Gasteiger partial charge is 0.355 e. The van der Waals surface area contributed by atoms with E-state index in [0.717, 1.165) is 12.8 Å². The van der Waals surface area contributed by atoms with Gasteiger partial charge in [0.1, 0.15) is 11.4 Å². The van der Waals surface area contributed by atoms with E-state index < -0.39 is 0 Å². The molecular formula is C15H17FN2O2. The first-order chi connectivity index (χ1) is 9.63. The van der Waals surface area contributed by atoms with Gasteiger partial charge in [0.15, 0.2) is 5.76 Å².